The molecule has 2 aromatic carbocycles. The Morgan fingerprint density at radius 2 is 1.91 bits per heavy atom. The summed E-state index contributed by atoms with van der Waals surface area (Å²) in [7, 11) is 0. The van der Waals surface area contributed by atoms with Gasteiger partial charge in [-0.3, -0.25) is 0 Å². The Hall–Kier alpha value is -2.30. The molecule has 1 aliphatic rings. The van der Waals surface area contributed by atoms with Crippen molar-refractivity contribution in [2.24, 2.45) is 0 Å². The van der Waals surface area contributed by atoms with Crippen molar-refractivity contribution in [2.45, 2.75) is 5.92 Å². The SMILES string of the molecule is O=C(O)c1c[nH]c2cc(Cl)c(-c3ccc(C4CNC4)cc3)cc12. The molecule has 0 atom stereocenters. The fourth-order valence-corrected chi connectivity index (χ4v) is 3.27. The number of carboxylic acids is 1. The third-order valence-electron chi connectivity index (χ3n) is 4.47. The summed E-state index contributed by atoms with van der Waals surface area (Å²) in [5.74, 6) is -0.359. The van der Waals surface area contributed by atoms with Gasteiger partial charge in [0.05, 0.1) is 10.6 Å². The Morgan fingerprint density at radius 1 is 1.17 bits per heavy atom. The van der Waals surface area contributed by atoms with Gasteiger partial charge in [-0.15, -0.1) is 0 Å². The second kappa shape index (κ2) is 5.41. The lowest BCUT2D eigenvalue weighted by atomic mass is 9.92. The number of carboxylic acid groups (broad SMARTS) is 1. The molecule has 1 fully saturated rings. The number of nitrogens with one attached hydrogen (secondary N) is 2. The van der Waals surface area contributed by atoms with Crippen molar-refractivity contribution < 1.29 is 9.90 Å². The van der Waals surface area contributed by atoms with Crippen LogP contribution in [0.25, 0.3) is 22.0 Å². The second-order valence-electron chi connectivity index (χ2n) is 5.86. The lowest BCUT2D eigenvalue weighted by Gasteiger charge is -2.27. The van der Waals surface area contributed by atoms with Crippen LogP contribution in [0.3, 0.4) is 0 Å². The average molecular weight is 327 g/mol. The molecule has 0 bridgehead atoms. The second-order valence-corrected chi connectivity index (χ2v) is 6.27. The fourth-order valence-electron chi connectivity index (χ4n) is 3.00. The number of hydrogen-bond acceptors (Lipinski definition) is 2. The number of fused-ring (bicyclic) bond motifs is 1. The molecule has 5 heteroatoms. The van der Waals surface area contributed by atoms with E-state index in [0.29, 0.717) is 16.3 Å². The number of aromatic nitrogens is 1. The topological polar surface area (TPSA) is 65.1 Å². The van der Waals surface area contributed by atoms with Gasteiger partial charge in [-0.1, -0.05) is 35.9 Å². The van der Waals surface area contributed by atoms with E-state index in [0.717, 1.165) is 29.7 Å². The van der Waals surface area contributed by atoms with Gasteiger partial charge in [0.15, 0.2) is 0 Å². The Bertz CT molecular complexity index is 895. The number of H-pyrrole nitrogens is 1. The van der Waals surface area contributed by atoms with Gasteiger partial charge in [0.2, 0.25) is 0 Å². The van der Waals surface area contributed by atoms with E-state index in [4.69, 9.17) is 11.6 Å². The molecule has 0 saturated carbocycles. The van der Waals surface area contributed by atoms with Gasteiger partial charge in [0, 0.05) is 41.7 Å². The number of benzene rings is 2. The van der Waals surface area contributed by atoms with E-state index in [9.17, 15) is 9.90 Å². The molecule has 0 unspecified atom stereocenters. The summed E-state index contributed by atoms with van der Waals surface area (Å²) < 4.78 is 0. The Labute approximate surface area is 138 Å². The predicted octanol–water partition coefficient (Wildman–Crippen LogP) is 3.87. The normalized spacial score (nSPS) is 14.8. The fraction of sp³-hybridized carbons (Fsp3) is 0.167. The van der Waals surface area contributed by atoms with Gasteiger partial charge in [0.25, 0.3) is 0 Å². The maximum Gasteiger partial charge on any atom is 0.337 e. The summed E-state index contributed by atoms with van der Waals surface area (Å²) in [5.41, 5.74) is 4.14. The number of aromatic carboxylic acids is 1. The zero-order valence-corrected chi connectivity index (χ0v) is 13.0. The third-order valence-corrected chi connectivity index (χ3v) is 4.79. The molecule has 1 saturated heterocycles. The van der Waals surface area contributed by atoms with Gasteiger partial charge in [-0.25, -0.2) is 4.79 Å². The zero-order valence-electron chi connectivity index (χ0n) is 12.3. The van der Waals surface area contributed by atoms with Crippen molar-refractivity contribution in [3.05, 3.63) is 58.7 Å². The molecule has 3 N–H and O–H groups in total. The monoisotopic (exact) mass is 326 g/mol. The number of carbonyl (C=O) groups is 1. The lowest BCUT2D eigenvalue weighted by Crippen LogP contribution is -2.39. The van der Waals surface area contributed by atoms with Crippen molar-refractivity contribution in [2.75, 3.05) is 13.1 Å². The zero-order chi connectivity index (χ0) is 16.0. The molecule has 4 nitrogen and oxygen atoms in total. The number of rotatable bonds is 3. The van der Waals surface area contributed by atoms with Crippen molar-refractivity contribution in [1.82, 2.24) is 10.3 Å². The first kappa shape index (κ1) is 14.3. The minimum absolute atomic E-state index is 0.259. The Balaban J connectivity index is 1.79. The molecule has 0 aliphatic carbocycles. The average Bonchev–Trinajstić information content (AvgIpc) is 2.88. The maximum atomic E-state index is 11.3. The van der Waals surface area contributed by atoms with Gasteiger partial charge >= 0.3 is 5.97 Å². The van der Waals surface area contributed by atoms with Crippen LogP contribution in [0.5, 0.6) is 0 Å². The largest absolute Gasteiger partial charge is 0.478 e. The summed E-state index contributed by atoms with van der Waals surface area (Å²) in [4.78, 5) is 14.3. The molecule has 23 heavy (non-hydrogen) atoms. The molecule has 3 aromatic rings. The lowest BCUT2D eigenvalue weighted by molar-refractivity contribution is 0.0699. The molecule has 1 aromatic heterocycles. The molecule has 0 radical (unpaired) electrons. The highest BCUT2D eigenvalue weighted by atomic mass is 35.5. The van der Waals surface area contributed by atoms with Crippen molar-refractivity contribution in [3.63, 3.8) is 0 Å². The van der Waals surface area contributed by atoms with Crippen LogP contribution in [0.15, 0.2) is 42.6 Å². The third kappa shape index (κ3) is 2.40. The van der Waals surface area contributed by atoms with Gasteiger partial charge < -0.3 is 15.4 Å². The Kier molecular flexibility index (Phi) is 3.36. The molecule has 0 amide bonds. The van der Waals surface area contributed by atoms with E-state index in [2.05, 4.69) is 22.4 Å². The molecular formula is C18H15ClN2O2. The van der Waals surface area contributed by atoms with Crippen molar-refractivity contribution in [1.29, 1.82) is 0 Å². The highest BCUT2D eigenvalue weighted by Gasteiger charge is 2.19. The highest BCUT2D eigenvalue weighted by Crippen LogP contribution is 2.34. The number of aromatic amines is 1. The van der Waals surface area contributed by atoms with E-state index in [-0.39, 0.29) is 5.56 Å². The van der Waals surface area contributed by atoms with E-state index in [1.54, 1.807) is 6.07 Å². The van der Waals surface area contributed by atoms with Gasteiger partial charge in [-0.05, 0) is 23.3 Å². The first-order valence-corrected chi connectivity index (χ1v) is 7.86. The van der Waals surface area contributed by atoms with E-state index >= 15 is 0 Å². The van der Waals surface area contributed by atoms with Gasteiger partial charge in [-0.2, -0.15) is 0 Å². The standard InChI is InChI=1S/C18H15ClN2O2/c19-16-6-17-14(15(9-21-17)18(22)23)5-13(16)11-3-1-10(2-4-11)12-7-20-8-12/h1-6,9,12,20-21H,7-8H2,(H,22,23). The van der Waals surface area contributed by atoms with E-state index < -0.39 is 5.97 Å². The minimum Gasteiger partial charge on any atom is -0.478 e. The highest BCUT2D eigenvalue weighted by molar-refractivity contribution is 6.34. The minimum atomic E-state index is -0.947. The summed E-state index contributed by atoms with van der Waals surface area (Å²) >= 11 is 6.39. The molecule has 0 spiro atoms. The number of halogens is 1. The van der Waals surface area contributed by atoms with Gasteiger partial charge in [0.1, 0.15) is 0 Å². The summed E-state index contributed by atoms with van der Waals surface area (Å²) in [5, 5.41) is 13.8. The van der Waals surface area contributed by atoms with Crippen LogP contribution in [0.4, 0.5) is 0 Å². The predicted molar refractivity (Wildman–Crippen MR) is 91.3 cm³/mol. The van der Waals surface area contributed by atoms with Crippen LogP contribution in [-0.4, -0.2) is 29.1 Å². The molecular weight excluding hydrogens is 312 g/mol. The van der Waals surface area contributed by atoms with Crippen LogP contribution in [0.2, 0.25) is 5.02 Å². The maximum absolute atomic E-state index is 11.3. The molecule has 2 heterocycles. The van der Waals surface area contributed by atoms with Crippen LogP contribution in [0.1, 0.15) is 21.8 Å². The van der Waals surface area contributed by atoms with Crippen LogP contribution in [-0.2, 0) is 0 Å². The summed E-state index contributed by atoms with van der Waals surface area (Å²) in [6.45, 7) is 2.05. The quantitative estimate of drug-likeness (QED) is 0.684. The van der Waals surface area contributed by atoms with Crippen molar-refractivity contribution in [3.8, 4) is 11.1 Å². The smallest absolute Gasteiger partial charge is 0.337 e. The first-order valence-electron chi connectivity index (χ1n) is 7.48. The Morgan fingerprint density at radius 3 is 2.52 bits per heavy atom. The number of hydrogen-bond donors (Lipinski definition) is 3. The van der Waals surface area contributed by atoms with Crippen LogP contribution < -0.4 is 5.32 Å². The molecule has 1 aliphatic heterocycles. The first-order chi connectivity index (χ1) is 11.1. The summed E-state index contributed by atoms with van der Waals surface area (Å²) in [6.07, 6.45) is 1.50. The molecule has 116 valence electrons. The van der Waals surface area contributed by atoms with Crippen LogP contribution in [0, 0.1) is 0 Å². The van der Waals surface area contributed by atoms with Crippen LogP contribution >= 0.6 is 11.6 Å². The van der Waals surface area contributed by atoms with Crippen molar-refractivity contribution >= 4 is 28.5 Å². The van der Waals surface area contributed by atoms with E-state index in [1.807, 2.05) is 18.2 Å². The molecule has 4 rings (SSSR count). The summed E-state index contributed by atoms with van der Waals surface area (Å²) in [6, 6.07) is 12.0. The van der Waals surface area contributed by atoms with E-state index in [1.165, 1.54) is 11.8 Å².